The summed E-state index contributed by atoms with van der Waals surface area (Å²) in [5, 5.41) is 0. The van der Waals surface area contributed by atoms with Crippen LogP contribution in [-0.4, -0.2) is 24.5 Å². The summed E-state index contributed by atoms with van der Waals surface area (Å²) in [6.07, 6.45) is 1.12. The Bertz CT molecular complexity index is 486. The van der Waals surface area contributed by atoms with E-state index in [4.69, 9.17) is 0 Å². The molecule has 0 saturated heterocycles. The van der Waals surface area contributed by atoms with E-state index >= 15 is 0 Å². The van der Waals surface area contributed by atoms with Gasteiger partial charge in [0.05, 0.1) is 0 Å². The van der Waals surface area contributed by atoms with E-state index in [-0.39, 0.29) is 0 Å². The molecular formula is C18H23N. The molecule has 0 aromatic heterocycles. The van der Waals surface area contributed by atoms with Gasteiger partial charge in [-0.1, -0.05) is 68.4 Å². The van der Waals surface area contributed by atoms with Gasteiger partial charge < -0.3 is 4.90 Å². The third-order valence-electron chi connectivity index (χ3n) is 3.69. The molecule has 0 radical (unpaired) electrons. The van der Waals surface area contributed by atoms with Crippen molar-refractivity contribution < 1.29 is 0 Å². The Morgan fingerprint density at radius 1 is 0.789 bits per heavy atom. The van der Waals surface area contributed by atoms with Gasteiger partial charge in [-0.2, -0.15) is 0 Å². The monoisotopic (exact) mass is 253 g/mol. The van der Waals surface area contributed by atoms with Crippen LogP contribution in [0.15, 0.2) is 54.6 Å². The van der Waals surface area contributed by atoms with Crippen molar-refractivity contribution in [2.45, 2.75) is 20.3 Å². The highest BCUT2D eigenvalue weighted by Gasteiger charge is 2.05. The van der Waals surface area contributed by atoms with Crippen molar-refractivity contribution >= 4 is 0 Å². The highest BCUT2D eigenvalue weighted by atomic mass is 15.1. The predicted octanol–water partition coefficient (Wildman–Crippen LogP) is 4.24. The quantitative estimate of drug-likeness (QED) is 0.744. The SMILES string of the molecule is CCN(CC)CCc1ccccc1-c1ccccc1. The minimum Gasteiger partial charge on any atom is -0.304 e. The van der Waals surface area contributed by atoms with E-state index < -0.39 is 0 Å². The van der Waals surface area contributed by atoms with Gasteiger partial charge in [0.25, 0.3) is 0 Å². The number of rotatable bonds is 6. The summed E-state index contributed by atoms with van der Waals surface area (Å²) in [5.74, 6) is 0. The lowest BCUT2D eigenvalue weighted by molar-refractivity contribution is 0.308. The third kappa shape index (κ3) is 3.68. The van der Waals surface area contributed by atoms with Gasteiger partial charge in [-0.15, -0.1) is 0 Å². The second kappa shape index (κ2) is 7.10. The standard InChI is InChI=1S/C18H23N/c1-3-19(4-2)15-14-17-12-8-9-13-18(17)16-10-6-5-7-11-16/h5-13H,3-4,14-15H2,1-2H3. The largest absolute Gasteiger partial charge is 0.304 e. The van der Waals surface area contributed by atoms with Crippen LogP contribution in [0.5, 0.6) is 0 Å². The van der Waals surface area contributed by atoms with Crippen LogP contribution in [0.25, 0.3) is 11.1 Å². The molecule has 0 saturated carbocycles. The minimum absolute atomic E-state index is 1.12. The first-order valence-corrected chi connectivity index (χ1v) is 7.20. The molecule has 0 aliphatic rings. The molecule has 0 amide bonds. The minimum atomic E-state index is 1.12. The van der Waals surface area contributed by atoms with Gasteiger partial charge in [-0.05, 0) is 36.2 Å². The van der Waals surface area contributed by atoms with Crippen LogP contribution in [0.4, 0.5) is 0 Å². The van der Waals surface area contributed by atoms with Crippen LogP contribution in [0.3, 0.4) is 0 Å². The van der Waals surface area contributed by atoms with Crippen LogP contribution >= 0.6 is 0 Å². The smallest absolute Gasteiger partial charge is 0.00218 e. The highest BCUT2D eigenvalue weighted by Crippen LogP contribution is 2.23. The van der Waals surface area contributed by atoms with Gasteiger partial charge >= 0.3 is 0 Å². The van der Waals surface area contributed by atoms with Gasteiger partial charge in [0, 0.05) is 6.54 Å². The van der Waals surface area contributed by atoms with E-state index in [9.17, 15) is 0 Å². The lowest BCUT2D eigenvalue weighted by atomic mass is 9.97. The third-order valence-corrected chi connectivity index (χ3v) is 3.69. The number of likely N-dealkylation sites (N-methyl/N-ethyl adjacent to an activating group) is 1. The molecule has 0 bridgehead atoms. The molecule has 100 valence electrons. The molecule has 0 atom stereocenters. The molecular weight excluding hydrogens is 230 g/mol. The van der Waals surface area contributed by atoms with E-state index in [0.29, 0.717) is 0 Å². The Hall–Kier alpha value is -1.60. The first kappa shape index (κ1) is 13.8. The molecule has 0 heterocycles. The Morgan fingerprint density at radius 3 is 2.11 bits per heavy atom. The summed E-state index contributed by atoms with van der Waals surface area (Å²) < 4.78 is 0. The maximum absolute atomic E-state index is 2.47. The van der Waals surface area contributed by atoms with Crippen molar-refractivity contribution in [1.29, 1.82) is 0 Å². The van der Waals surface area contributed by atoms with E-state index in [1.807, 2.05) is 0 Å². The fourth-order valence-electron chi connectivity index (χ4n) is 2.46. The van der Waals surface area contributed by atoms with Gasteiger partial charge in [0.1, 0.15) is 0 Å². The van der Waals surface area contributed by atoms with Crippen LogP contribution in [0.2, 0.25) is 0 Å². The summed E-state index contributed by atoms with van der Waals surface area (Å²) in [7, 11) is 0. The van der Waals surface area contributed by atoms with Gasteiger partial charge in [0.15, 0.2) is 0 Å². The number of hydrogen-bond acceptors (Lipinski definition) is 1. The topological polar surface area (TPSA) is 3.24 Å². The van der Waals surface area contributed by atoms with Gasteiger partial charge in [-0.25, -0.2) is 0 Å². The van der Waals surface area contributed by atoms with E-state index in [1.54, 1.807) is 0 Å². The van der Waals surface area contributed by atoms with Crippen LogP contribution in [0, 0.1) is 0 Å². The zero-order valence-electron chi connectivity index (χ0n) is 12.0. The molecule has 19 heavy (non-hydrogen) atoms. The van der Waals surface area contributed by atoms with Crippen LogP contribution < -0.4 is 0 Å². The molecule has 0 fully saturated rings. The summed E-state index contributed by atoms with van der Waals surface area (Å²) >= 11 is 0. The van der Waals surface area contributed by atoms with Crippen molar-refractivity contribution in [2.75, 3.05) is 19.6 Å². The van der Waals surface area contributed by atoms with Gasteiger partial charge in [0.2, 0.25) is 0 Å². The summed E-state index contributed by atoms with van der Waals surface area (Å²) in [6, 6.07) is 19.4. The van der Waals surface area contributed by atoms with Crippen molar-refractivity contribution in [1.82, 2.24) is 4.90 Å². The maximum atomic E-state index is 2.47. The summed E-state index contributed by atoms with van der Waals surface area (Å²) in [4.78, 5) is 2.47. The second-order valence-electron chi connectivity index (χ2n) is 4.80. The van der Waals surface area contributed by atoms with E-state index in [0.717, 1.165) is 26.1 Å². The molecule has 0 aliphatic heterocycles. The van der Waals surface area contributed by atoms with Crippen LogP contribution in [0.1, 0.15) is 19.4 Å². The molecule has 1 heteroatoms. The molecule has 2 aromatic carbocycles. The molecule has 0 spiro atoms. The number of benzene rings is 2. The predicted molar refractivity (Wildman–Crippen MR) is 83.4 cm³/mol. The molecule has 0 N–H and O–H groups in total. The van der Waals surface area contributed by atoms with Crippen molar-refractivity contribution in [3.05, 3.63) is 60.2 Å². The Morgan fingerprint density at radius 2 is 1.42 bits per heavy atom. The van der Waals surface area contributed by atoms with Gasteiger partial charge in [-0.3, -0.25) is 0 Å². The average Bonchev–Trinajstić information content (AvgIpc) is 2.49. The summed E-state index contributed by atoms with van der Waals surface area (Å²) in [6.45, 7) is 7.85. The first-order chi connectivity index (χ1) is 9.35. The highest BCUT2D eigenvalue weighted by molar-refractivity contribution is 5.67. The van der Waals surface area contributed by atoms with Crippen molar-refractivity contribution in [3.8, 4) is 11.1 Å². The second-order valence-corrected chi connectivity index (χ2v) is 4.80. The van der Waals surface area contributed by atoms with Crippen molar-refractivity contribution in [3.63, 3.8) is 0 Å². The molecule has 1 nitrogen and oxygen atoms in total. The lowest BCUT2D eigenvalue weighted by Crippen LogP contribution is -2.25. The lowest BCUT2D eigenvalue weighted by Gasteiger charge is -2.19. The van der Waals surface area contributed by atoms with E-state index in [2.05, 4.69) is 73.3 Å². The molecule has 2 rings (SSSR count). The zero-order valence-corrected chi connectivity index (χ0v) is 12.0. The molecule has 0 aliphatic carbocycles. The normalized spacial score (nSPS) is 10.9. The summed E-state index contributed by atoms with van der Waals surface area (Å²) in [5.41, 5.74) is 4.13. The average molecular weight is 253 g/mol. The molecule has 2 aromatic rings. The fourth-order valence-corrected chi connectivity index (χ4v) is 2.46. The number of nitrogens with zero attached hydrogens (tertiary/aromatic N) is 1. The number of hydrogen-bond donors (Lipinski definition) is 0. The fraction of sp³-hybridized carbons (Fsp3) is 0.333. The molecule has 0 unspecified atom stereocenters. The van der Waals surface area contributed by atoms with Crippen molar-refractivity contribution in [2.24, 2.45) is 0 Å². The Kier molecular flexibility index (Phi) is 5.17. The zero-order chi connectivity index (χ0) is 13.5. The Balaban J connectivity index is 2.17. The Labute approximate surface area is 116 Å². The first-order valence-electron chi connectivity index (χ1n) is 7.20. The van der Waals surface area contributed by atoms with Crippen LogP contribution in [-0.2, 0) is 6.42 Å². The maximum Gasteiger partial charge on any atom is 0.00218 e. The van der Waals surface area contributed by atoms with E-state index in [1.165, 1.54) is 16.7 Å².